The molecule has 0 radical (unpaired) electrons. The van der Waals surface area contributed by atoms with Crippen molar-refractivity contribution in [3.05, 3.63) is 46.8 Å². The van der Waals surface area contributed by atoms with E-state index >= 15 is 0 Å². The van der Waals surface area contributed by atoms with Gasteiger partial charge in [-0.05, 0) is 44.0 Å². The fourth-order valence-corrected chi connectivity index (χ4v) is 4.18. The quantitative estimate of drug-likeness (QED) is 0.777. The van der Waals surface area contributed by atoms with Crippen molar-refractivity contribution in [1.82, 2.24) is 15.0 Å². The zero-order chi connectivity index (χ0) is 18.6. The minimum atomic E-state index is 0.354. The summed E-state index contributed by atoms with van der Waals surface area (Å²) in [4.78, 5) is 4.94. The second-order valence-corrected chi connectivity index (χ2v) is 7.53. The number of benzene rings is 1. The summed E-state index contributed by atoms with van der Waals surface area (Å²) in [5.41, 5.74) is 3.64. The standard InChI is InChI=1S/C21H29N3O3/c1-16-12-19(22-27-16)20-4-3-7-24(20)14-17-5-6-21(25-2)18(13-17)15-23-8-10-26-11-9-23/h5-6,12-13,20H,3-4,7-11,14-15H2,1-2H3/t20-/m1/s1. The Balaban J connectivity index is 1.48. The fraction of sp³-hybridized carbons (Fsp3) is 0.571. The number of hydrogen-bond acceptors (Lipinski definition) is 6. The zero-order valence-electron chi connectivity index (χ0n) is 16.3. The number of aryl methyl sites for hydroxylation is 1. The van der Waals surface area contributed by atoms with E-state index in [0.717, 1.165) is 69.6 Å². The Kier molecular flexibility index (Phi) is 5.76. The van der Waals surface area contributed by atoms with Crippen molar-refractivity contribution in [1.29, 1.82) is 0 Å². The van der Waals surface area contributed by atoms with E-state index in [9.17, 15) is 0 Å². The van der Waals surface area contributed by atoms with Crippen LogP contribution in [-0.2, 0) is 17.8 Å². The van der Waals surface area contributed by atoms with Gasteiger partial charge in [0.1, 0.15) is 17.2 Å². The third kappa shape index (κ3) is 4.34. The molecule has 2 saturated heterocycles. The highest BCUT2D eigenvalue weighted by Crippen LogP contribution is 2.33. The smallest absolute Gasteiger partial charge is 0.133 e. The molecule has 1 atom stereocenters. The summed E-state index contributed by atoms with van der Waals surface area (Å²) >= 11 is 0. The topological polar surface area (TPSA) is 51.0 Å². The Morgan fingerprint density at radius 2 is 2.00 bits per heavy atom. The van der Waals surface area contributed by atoms with E-state index in [4.69, 9.17) is 14.0 Å². The zero-order valence-corrected chi connectivity index (χ0v) is 16.3. The summed E-state index contributed by atoms with van der Waals surface area (Å²) in [5, 5.41) is 4.26. The number of aromatic nitrogens is 1. The molecule has 0 bridgehead atoms. The van der Waals surface area contributed by atoms with Crippen LogP contribution in [0.3, 0.4) is 0 Å². The number of nitrogens with zero attached hydrogens (tertiary/aromatic N) is 3. The van der Waals surface area contributed by atoms with Crippen molar-refractivity contribution < 1.29 is 14.0 Å². The fourth-order valence-electron chi connectivity index (χ4n) is 4.18. The summed E-state index contributed by atoms with van der Waals surface area (Å²) in [5.74, 6) is 1.85. The van der Waals surface area contributed by atoms with Crippen LogP contribution < -0.4 is 4.74 Å². The van der Waals surface area contributed by atoms with Gasteiger partial charge in [0.2, 0.25) is 0 Å². The predicted molar refractivity (Wildman–Crippen MR) is 103 cm³/mol. The molecule has 0 unspecified atom stereocenters. The number of hydrogen-bond donors (Lipinski definition) is 0. The lowest BCUT2D eigenvalue weighted by Gasteiger charge is -2.28. The highest BCUT2D eigenvalue weighted by molar-refractivity contribution is 5.37. The van der Waals surface area contributed by atoms with Gasteiger partial charge in [-0.3, -0.25) is 9.80 Å². The van der Waals surface area contributed by atoms with Crippen molar-refractivity contribution in [3.63, 3.8) is 0 Å². The molecule has 6 nitrogen and oxygen atoms in total. The number of rotatable bonds is 6. The monoisotopic (exact) mass is 371 g/mol. The first kappa shape index (κ1) is 18.5. The molecule has 1 aromatic heterocycles. The average molecular weight is 371 g/mol. The van der Waals surface area contributed by atoms with Crippen LogP contribution in [0.1, 0.15) is 41.5 Å². The summed E-state index contributed by atoms with van der Waals surface area (Å²) in [6, 6.07) is 9.02. The molecule has 2 aliphatic rings. The number of likely N-dealkylation sites (tertiary alicyclic amines) is 1. The Morgan fingerprint density at radius 1 is 1.15 bits per heavy atom. The van der Waals surface area contributed by atoms with Gasteiger partial charge in [-0.1, -0.05) is 11.2 Å². The van der Waals surface area contributed by atoms with E-state index in [2.05, 4.69) is 39.2 Å². The largest absolute Gasteiger partial charge is 0.496 e. The van der Waals surface area contributed by atoms with E-state index in [1.165, 1.54) is 17.5 Å². The first-order valence-electron chi connectivity index (χ1n) is 9.86. The van der Waals surface area contributed by atoms with Gasteiger partial charge in [-0.15, -0.1) is 0 Å². The van der Waals surface area contributed by atoms with Crippen LogP contribution >= 0.6 is 0 Å². The molecular formula is C21H29N3O3. The van der Waals surface area contributed by atoms with E-state index in [1.807, 2.05) is 6.92 Å². The van der Waals surface area contributed by atoms with Gasteiger partial charge in [0.15, 0.2) is 0 Å². The Bertz CT molecular complexity index is 755. The molecule has 2 fully saturated rings. The molecule has 1 aromatic carbocycles. The molecule has 0 saturated carbocycles. The van der Waals surface area contributed by atoms with Gasteiger partial charge in [-0.2, -0.15) is 0 Å². The van der Waals surface area contributed by atoms with Gasteiger partial charge >= 0.3 is 0 Å². The minimum absolute atomic E-state index is 0.354. The van der Waals surface area contributed by atoms with Crippen LogP contribution in [0.2, 0.25) is 0 Å². The summed E-state index contributed by atoms with van der Waals surface area (Å²) < 4.78 is 16.4. The Morgan fingerprint density at radius 3 is 2.74 bits per heavy atom. The van der Waals surface area contributed by atoms with Crippen molar-refractivity contribution in [3.8, 4) is 5.75 Å². The van der Waals surface area contributed by atoms with Crippen LogP contribution in [0, 0.1) is 6.92 Å². The highest BCUT2D eigenvalue weighted by Gasteiger charge is 2.28. The van der Waals surface area contributed by atoms with Crippen molar-refractivity contribution in [2.24, 2.45) is 0 Å². The van der Waals surface area contributed by atoms with Crippen molar-refractivity contribution >= 4 is 0 Å². The third-order valence-electron chi connectivity index (χ3n) is 5.58. The van der Waals surface area contributed by atoms with Crippen molar-refractivity contribution in [2.75, 3.05) is 40.0 Å². The maximum absolute atomic E-state index is 5.61. The molecular weight excluding hydrogens is 342 g/mol. The van der Waals surface area contributed by atoms with Gasteiger partial charge in [0.25, 0.3) is 0 Å². The summed E-state index contributed by atoms with van der Waals surface area (Å²) in [6.45, 7) is 8.48. The van der Waals surface area contributed by atoms with Gasteiger partial charge in [0, 0.05) is 37.8 Å². The molecule has 6 heteroatoms. The highest BCUT2D eigenvalue weighted by atomic mass is 16.5. The van der Waals surface area contributed by atoms with Gasteiger partial charge in [0.05, 0.1) is 26.4 Å². The Labute approximate surface area is 161 Å². The van der Waals surface area contributed by atoms with Gasteiger partial charge in [-0.25, -0.2) is 0 Å². The lowest BCUT2D eigenvalue weighted by Crippen LogP contribution is -2.35. The van der Waals surface area contributed by atoms with E-state index < -0.39 is 0 Å². The number of ether oxygens (including phenoxy) is 2. The third-order valence-corrected chi connectivity index (χ3v) is 5.58. The molecule has 27 heavy (non-hydrogen) atoms. The van der Waals surface area contributed by atoms with Crippen LogP contribution in [0.4, 0.5) is 0 Å². The molecule has 0 spiro atoms. The first-order chi connectivity index (χ1) is 13.2. The lowest BCUT2D eigenvalue weighted by atomic mass is 10.1. The molecule has 3 heterocycles. The SMILES string of the molecule is COc1ccc(CN2CCC[C@@H]2c2cc(C)on2)cc1CN1CCOCC1. The predicted octanol–water partition coefficient (Wildman–Crippen LogP) is 3.16. The lowest BCUT2D eigenvalue weighted by molar-refractivity contribution is 0.0338. The molecule has 146 valence electrons. The second kappa shape index (κ2) is 8.42. The molecule has 0 N–H and O–H groups in total. The first-order valence-corrected chi connectivity index (χ1v) is 9.86. The van der Waals surface area contributed by atoms with Crippen LogP contribution in [0.25, 0.3) is 0 Å². The van der Waals surface area contributed by atoms with E-state index in [0.29, 0.717) is 6.04 Å². The van der Waals surface area contributed by atoms with Crippen LogP contribution in [0.5, 0.6) is 5.75 Å². The molecule has 2 aliphatic heterocycles. The second-order valence-electron chi connectivity index (χ2n) is 7.53. The van der Waals surface area contributed by atoms with E-state index in [1.54, 1.807) is 7.11 Å². The number of morpholine rings is 1. The minimum Gasteiger partial charge on any atom is -0.496 e. The average Bonchev–Trinajstić information content (AvgIpc) is 3.31. The normalized spacial score (nSPS) is 21.6. The molecule has 0 amide bonds. The number of methoxy groups -OCH3 is 1. The molecule has 4 rings (SSSR count). The molecule has 0 aliphatic carbocycles. The summed E-state index contributed by atoms with van der Waals surface area (Å²) in [7, 11) is 1.75. The van der Waals surface area contributed by atoms with Crippen LogP contribution in [-0.4, -0.2) is 54.9 Å². The maximum Gasteiger partial charge on any atom is 0.133 e. The molecule has 2 aromatic rings. The van der Waals surface area contributed by atoms with E-state index in [-0.39, 0.29) is 0 Å². The van der Waals surface area contributed by atoms with Gasteiger partial charge < -0.3 is 14.0 Å². The van der Waals surface area contributed by atoms with Crippen LogP contribution in [0.15, 0.2) is 28.8 Å². The Hall–Kier alpha value is -1.89. The summed E-state index contributed by atoms with van der Waals surface area (Å²) in [6.07, 6.45) is 2.34. The maximum atomic E-state index is 5.61. The van der Waals surface area contributed by atoms with Crippen molar-refractivity contribution in [2.45, 2.75) is 38.9 Å².